The van der Waals surface area contributed by atoms with Gasteiger partial charge in [-0.15, -0.1) is 5.54 Å². The van der Waals surface area contributed by atoms with E-state index in [4.69, 9.17) is 9.31 Å². The second-order valence-electron chi connectivity index (χ2n) is 9.67. The van der Waals surface area contributed by atoms with Crippen molar-refractivity contribution in [1.29, 1.82) is 0 Å². The summed E-state index contributed by atoms with van der Waals surface area (Å²) in [5.41, 5.74) is 6.04. The lowest BCUT2D eigenvalue weighted by Gasteiger charge is -2.32. The normalized spacial score (nSPS) is 19.2. The number of fused-ring (bicyclic) bond motifs is 1. The van der Waals surface area contributed by atoms with E-state index in [0.29, 0.717) is 0 Å². The fraction of sp³-hybridized carbons (Fsp3) is 0.417. The molecule has 2 aromatic carbocycles. The summed E-state index contributed by atoms with van der Waals surface area (Å²) in [5, 5.41) is 2.43. The van der Waals surface area contributed by atoms with Crippen LogP contribution in [0.4, 0.5) is 0 Å². The maximum Gasteiger partial charge on any atom is 0.491 e. The van der Waals surface area contributed by atoms with Gasteiger partial charge in [0.1, 0.15) is 8.07 Å². The summed E-state index contributed by atoms with van der Waals surface area (Å²) in [7, 11) is -1.93. The first-order chi connectivity index (χ1) is 12.9. The maximum atomic E-state index is 6.34. The van der Waals surface area contributed by atoms with Crippen molar-refractivity contribution in [2.24, 2.45) is 0 Å². The van der Waals surface area contributed by atoms with Crippen molar-refractivity contribution in [2.75, 3.05) is 0 Å². The molecular formula is C24H31BO2Si. The molecule has 1 saturated heterocycles. The number of hydrogen-bond acceptors (Lipinski definition) is 2. The standard InChI is InChI=1S/C24H31BO2Si/c1-18(25-26-23(2,3)24(4,5)27-25)20(16-17-28(6,7)8)22-15-11-13-19-12-9-10-14-21(19)22/h9-15H,1-8H3/b20-18-. The summed E-state index contributed by atoms with van der Waals surface area (Å²) in [6, 6.07) is 14.9. The predicted octanol–water partition coefficient (Wildman–Crippen LogP) is 6.13. The number of allylic oxidation sites excluding steroid dienone is 2. The van der Waals surface area contributed by atoms with Crippen molar-refractivity contribution in [3.63, 3.8) is 0 Å². The van der Waals surface area contributed by atoms with Gasteiger partial charge in [0, 0.05) is 5.57 Å². The first-order valence-electron chi connectivity index (χ1n) is 9.99. The van der Waals surface area contributed by atoms with Crippen molar-refractivity contribution in [3.8, 4) is 11.5 Å². The molecule has 28 heavy (non-hydrogen) atoms. The third-order valence-electron chi connectivity index (χ3n) is 5.62. The monoisotopic (exact) mass is 390 g/mol. The van der Waals surface area contributed by atoms with Crippen LogP contribution in [0.15, 0.2) is 47.9 Å². The van der Waals surface area contributed by atoms with Crippen molar-refractivity contribution < 1.29 is 9.31 Å². The van der Waals surface area contributed by atoms with Crippen LogP contribution in [0.2, 0.25) is 19.6 Å². The molecule has 0 spiro atoms. The minimum atomic E-state index is -1.54. The smallest absolute Gasteiger partial charge is 0.400 e. The highest BCUT2D eigenvalue weighted by atomic mass is 28.3. The maximum absolute atomic E-state index is 6.34. The molecule has 0 saturated carbocycles. The highest BCUT2D eigenvalue weighted by Crippen LogP contribution is 2.40. The molecule has 0 amide bonds. The molecular weight excluding hydrogens is 359 g/mol. The Morgan fingerprint density at radius 1 is 0.893 bits per heavy atom. The van der Waals surface area contributed by atoms with Gasteiger partial charge in [-0.2, -0.15) is 0 Å². The fourth-order valence-electron chi connectivity index (χ4n) is 3.21. The number of hydrogen-bond donors (Lipinski definition) is 0. The van der Waals surface area contributed by atoms with Gasteiger partial charge in [0.2, 0.25) is 0 Å². The van der Waals surface area contributed by atoms with Crippen molar-refractivity contribution >= 4 is 31.5 Å². The second kappa shape index (κ2) is 7.22. The highest BCUT2D eigenvalue weighted by Gasteiger charge is 2.52. The summed E-state index contributed by atoms with van der Waals surface area (Å²) in [6.07, 6.45) is 0. The summed E-state index contributed by atoms with van der Waals surface area (Å²) >= 11 is 0. The van der Waals surface area contributed by atoms with Crippen molar-refractivity contribution in [3.05, 3.63) is 53.5 Å². The molecule has 0 radical (unpaired) electrons. The van der Waals surface area contributed by atoms with E-state index in [-0.39, 0.29) is 11.2 Å². The minimum absolute atomic E-state index is 0.366. The van der Waals surface area contributed by atoms with Crippen LogP contribution in [0.25, 0.3) is 16.3 Å². The molecule has 2 aromatic rings. The first kappa shape index (κ1) is 20.9. The molecule has 146 valence electrons. The molecule has 0 atom stereocenters. The van der Waals surface area contributed by atoms with Crippen LogP contribution in [0.5, 0.6) is 0 Å². The summed E-state index contributed by atoms with van der Waals surface area (Å²) in [4.78, 5) is 0. The van der Waals surface area contributed by atoms with E-state index in [1.807, 2.05) is 0 Å². The summed E-state index contributed by atoms with van der Waals surface area (Å²) in [5.74, 6) is 3.53. The van der Waals surface area contributed by atoms with Crippen LogP contribution in [0, 0.1) is 11.5 Å². The molecule has 1 heterocycles. The van der Waals surface area contributed by atoms with Crippen LogP contribution in [-0.2, 0) is 9.31 Å². The fourth-order valence-corrected chi connectivity index (χ4v) is 3.71. The van der Waals surface area contributed by atoms with E-state index in [0.717, 1.165) is 16.6 Å². The van der Waals surface area contributed by atoms with Gasteiger partial charge in [0.25, 0.3) is 0 Å². The van der Waals surface area contributed by atoms with Gasteiger partial charge in [-0.1, -0.05) is 68.0 Å². The topological polar surface area (TPSA) is 18.5 Å². The quantitative estimate of drug-likeness (QED) is 0.454. The van der Waals surface area contributed by atoms with Crippen LogP contribution < -0.4 is 0 Å². The molecule has 2 nitrogen and oxygen atoms in total. The molecule has 0 unspecified atom stereocenters. The summed E-state index contributed by atoms with van der Waals surface area (Å²) in [6.45, 7) is 17.3. The van der Waals surface area contributed by atoms with Gasteiger partial charge in [-0.3, -0.25) is 0 Å². The Balaban J connectivity index is 2.20. The zero-order valence-electron chi connectivity index (χ0n) is 18.4. The highest BCUT2D eigenvalue weighted by molar-refractivity contribution is 6.84. The van der Waals surface area contributed by atoms with Gasteiger partial charge in [-0.25, -0.2) is 0 Å². The van der Waals surface area contributed by atoms with Crippen LogP contribution in [-0.4, -0.2) is 26.4 Å². The Morgan fingerprint density at radius 2 is 1.46 bits per heavy atom. The minimum Gasteiger partial charge on any atom is -0.400 e. The molecule has 0 N–H and O–H groups in total. The van der Waals surface area contributed by atoms with Gasteiger partial charge >= 0.3 is 7.12 Å². The average molecular weight is 390 g/mol. The van der Waals surface area contributed by atoms with E-state index in [9.17, 15) is 0 Å². The van der Waals surface area contributed by atoms with Gasteiger partial charge in [0.15, 0.2) is 0 Å². The summed E-state index contributed by atoms with van der Waals surface area (Å²) < 4.78 is 12.7. The molecule has 1 aliphatic rings. The Bertz CT molecular complexity index is 966. The van der Waals surface area contributed by atoms with Gasteiger partial charge in [-0.05, 0) is 56.4 Å². The van der Waals surface area contributed by atoms with Crippen LogP contribution in [0.1, 0.15) is 40.2 Å². The van der Waals surface area contributed by atoms with E-state index in [2.05, 4.69) is 108 Å². The lowest BCUT2D eigenvalue weighted by Crippen LogP contribution is -2.41. The SMILES string of the molecule is C/C(B1OC(C)(C)C(C)(C)O1)=C(\C#C[Si](C)(C)C)c1cccc2ccccc12. The Kier molecular flexibility index (Phi) is 5.40. The molecule has 0 aromatic heterocycles. The van der Waals surface area contributed by atoms with Crippen LogP contribution >= 0.6 is 0 Å². The second-order valence-corrected chi connectivity index (χ2v) is 14.4. The van der Waals surface area contributed by atoms with Crippen LogP contribution in [0.3, 0.4) is 0 Å². The number of rotatable bonds is 2. The average Bonchev–Trinajstić information content (AvgIpc) is 2.82. The predicted molar refractivity (Wildman–Crippen MR) is 124 cm³/mol. The molecule has 0 bridgehead atoms. The lowest BCUT2D eigenvalue weighted by molar-refractivity contribution is 0.00578. The zero-order chi connectivity index (χ0) is 20.7. The Hall–Kier alpha value is -1.80. The zero-order valence-corrected chi connectivity index (χ0v) is 19.4. The van der Waals surface area contributed by atoms with Crippen molar-refractivity contribution in [1.82, 2.24) is 0 Å². The lowest BCUT2D eigenvalue weighted by atomic mass is 9.74. The van der Waals surface area contributed by atoms with Gasteiger partial charge < -0.3 is 9.31 Å². The Labute approximate surface area is 171 Å². The first-order valence-corrected chi connectivity index (χ1v) is 13.5. The third kappa shape index (κ3) is 4.12. The molecule has 1 aliphatic heterocycles. The third-order valence-corrected chi connectivity index (χ3v) is 6.50. The molecule has 3 rings (SSSR count). The number of benzene rings is 2. The molecule has 0 aliphatic carbocycles. The molecule has 4 heteroatoms. The van der Waals surface area contributed by atoms with Gasteiger partial charge in [0.05, 0.1) is 11.2 Å². The van der Waals surface area contributed by atoms with E-state index in [1.54, 1.807) is 0 Å². The van der Waals surface area contributed by atoms with E-state index < -0.39 is 15.2 Å². The Morgan fingerprint density at radius 3 is 2.07 bits per heavy atom. The van der Waals surface area contributed by atoms with E-state index in [1.165, 1.54) is 10.8 Å². The molecule has 1 fully saturated rings. The van der Waals surface area contributed by atoms with E-state index >= 15 is 0 Å². The van der Waals surface area contributed by atoms with Crippen molar-refractivity contribution in [2.45, 2.75) is 65.5 Å². The largest absolute Gasteiger partial charge is 0.491 e.